The Morgan fingerprint density at radius 2 is 1.51 bits per heavy atom. The van der Waals surface area contributed by atoms with Crippen LogP contribution >= 0.6 is 0 Å². The molecule has 0 saturated carbocycles. The van der Waals surface area contributed by atoms with Crippen molar-refractivity contribution in [3.05, 3.63) is 112 Å². The van der Waals surface area contributed by atoms with Crippen molar-refractivity contribution in [1.29, 1.82) is 0 Å². The Bertz CT molecular complexity index is 1240. The van der Waals surface area contributed by atoms with Crippen LogP contribution < -0.4 is 4.46 Å². The van der Waals surface area contributed by atoms with Crippen LogP contribution in [0.15, 0.2) is 105 Å². The standard InChI is InChI=1S/C30H34O3SSe/c1-4-5-8-17-28(35-27-15-11-7-12-16-27)29(34(32,33)26-20-18-24(2)19-21-26)30(3,31)23-22-25-13-9-6-10-14-25/h6-7,9-16,18-23,31H,4-5,8,17H2,1-3H3/b23-22+,29-28-. The molecule has 5 heteroatoms. The molecule has 1 N–H and O–H groups in total. The second-order valence-electron chi connectivity index (χ2n) is 8.83. The van der Waals surface area contributed by atoms with E-state index in [0.29, 0.717) is 6.42 Å². The van der Waals surface area contributed by atoms with Gasteiger partial charge in [-0.2, -0.15) is 0 Å². The summed E-state index contributed by atoms with van der Waals surface area (Å²) >= 11 is -0.243. The normalized spacial score (nSPS) is 14.5. The van der Waals surface area contributed by atoms with Gasteiger partial charge in [0, 0.05) is 0 Å². The van der Waals surface area contributed by atoms with E-state index in [4.69, 9.17) is 0 Å². The van der Waals surface area contributed by atoms with E-state index in [2.05, 4.69) is 6.92 Å². The van der Waals surface area contributed by atoms with Gasteiger partial charge in [0.2, 0.25) is 0 Å². The molecule has 3 nitrogen and oxygen atoms in total. The molecule has 0 aliphatic rings. The predicted octanol–water partition coefficient (Wildman–Crippen LogP) is 6.05. The zero-order valence-electron chi connectivity index (χ0n) is 20.6. The van der Waals surface area contributed by atoms with Crippen molar-refractivity contribution in [3.63, 3.8) is 0 Å². The summed E-state index contributed by atoms with van der Waals surface area (Å²) < 4.78 is 30.2. The molecular formula is C30H34O3SSe. The van der Waals surface area contributed by atoms with Gasteiger partial charge in [-0.1, -0.05) is 0 Å². The van der Waals surface area contributed by atoms with Gasteiger partial charge in [0.1, 0.15) is 0 Å². The van der Waals surface area contributed by atoms with Crippen molar-refractivity contribution in [3.8, 4) is 0 Å². The van der Waals surface area contributed by atoms with Crippen LogP contribution in [-0.2, 0) is 9.84 Å². The van der Waals surface area contributed by atoms with Gasteiger partial charge in [0.15, 0.2) is 0 Å². The number of rotatable bonds is 11. The Labute approximate surface area is 216 Å². The van der Waals surface area contributed by atoms with Crippen molar-refractivity contribution in [1.82, 2.24) is 0 Å². The fourth-order valence-electron chi connectivity index (χ4n) is 3.82. The molecule has 0 amide bonds. The zero-order chi connectivity index (χ0) is 25.3. The SMILES string of the molecule is CCCCC/C([Se]c1ccccc1)=C(\C(C)(O)/C=C/c1ccccc1)S(=O)(=O)c1ccc(C)cc1. The van der Waals surface area contributed by atoms with Crippen molar-refractivity contribution < 1.29 is 13.5 Å². The third-order valence-corrected chi connectivity index (χ3v) is 10.5. The number of sulfone groups is 1. The van der Waals surface area contributed by atoms with E-state index < -0.39 is 15.4 Å². The molecule has 0 bridgehead atoms. The van der Waals surface area contributed by atoms with Crippen molar-refractivity contribution >= 4 is 35.3 Å². The van der Waals surface area contributed by atoms with E-state index in [9.17, 15) is 13.5 Å². The van der Waals surface area contributed by atoms with Crippen LogP contribution in [0.25, 0.3) is 6.08 Å². The molecule has 0 aromatic heterocycles. The second-order valence-corrected chi connectivity index (χ2v) is 13.2. The first kappa shape index (κ1) is 27.2. The molecule has 3 rings (SSSR count). The Morgan fingerprint density at radius 3 is 2.11 bits per heavy atom. The molecule has 3 aromatic carbocycles. The van der Waals surface area contributed by atoms with Crippen LogP contribution in [0.5, 0.6) is 0 Å². The van der Waals surface area contributed by atoms with E-state index in [0.717, 1.165) is 39.3 Å². The average Bonchev–Trinajstić information content (AvgIpc) is 2.84. The maximum atomic E-state index is 14.1. The van der Waals surface area contributed by atoms with Gasteiger partial charge in [-0.3, -0.25) is 0 Å². The van der Waals surface area contributed by atoms with Gasteiger partial charge in [-0.05, 0) is 0 Å². The first-order valence-corrected chi connectivity index (χ1v) is 15.2. The van der Waals surface area contributed by atoms with Gasteiger partial charge in [0.05, 0.1) is 0 Å². The Morgan fingerprint density at radius 1 is 0.914 bits per heavy atom. The quantitative estimate of drug-likeness (QED) is 0.232. The van der Waals surface area contributed by atoms with Gasteiger partial charge < -0.3 is 0 Å². The molecule has 0 saturated heterocycles. The van der Waals surface area contributed by atoms with E-state index in [-0.39, 0.29) is 24.8 Å². The predicted molar refractivity (Wildman–Crippen MR) is 147 cm³/mol. The fourth-order valence-corrected chi connectivity index (χ4v) is 8.82. The summed E-state index contributed by atoms with van der Waals surface area (Å²) in [5, 5.41) is 11.8. The van der Waals surface area contributed by atoms with Crippen molar-refractivity contribution in [2.75, 3.05) is 0 Å². The summed E-state index contributed by atoms with van der Waals surface area (Å²) in [6, 6.07) is 26.5. The monoisotopic (exact) mass is 554 g/mol. The van der Waals surface area contributed by atoms with Crippen LogP contribution in [0.2, 0.25) is 0 Å². The first-order chi connectivity index (χ1) is 16.7. The van der Waals surface area contributed by atoms with Crippen LogP contribution in [-0.4, -0.2) is 34.1 Å². The minimum absolute atomic E-state index is 0.112. The maximum absolute atomic E-state index is 14.1. The molecule has 35 heavy (non-hydrogen) atoms. The topological polar surface area (TPSA) is 54.4 Å². The van der Waals surface area contributed by atoms with E-state index >= 15 is 0 Å². The molecule has 1 unspecified atom stereocenters. The fraction of sp³-hybridized carbons (Fsp3) is 0.267. The summed E-state index contributed by atoms with van der Waals surface area (Å²) in [4.78, 5) is 0.323. The molecule has 0 radical (unpaired) electrons. The number of unbranched alkanes of at least 4 members (excludes halogenated alkanes) is 2. The van der Waals surface area contributed by atoms with Crippen LogP contribution in [0.4, 0.5) is 0 Å². The number of aryl methyl sites for hydroxylation is 1. The molecule has 0 aliphatic heterocycles. The number of hydrogen-bond donors (Lipinski definition) is 1. The van der Waals surface area contributed by atoms with Crippen LogP contribution in [0.1, 0.15) is 50.7 Å². The van der Waals surface area contributed by atoms with Gasteiger partial charge in [0.25, 0.3) is 0 Å². The third-order valence-electron chi connectivity index (χ3n) is 5.70. The summed E-state index contributed by atoms with van der Waals surface area (Å²) in [6.45, 7) is 5.66. The third kappa shape index (κ3) is 7.52. The molecule has 0 spiro atoms. The number of benzene rings is 3. The molecule has 3 aromatic rings. The molecule has 1 atom stereocenters. The van der Waals surface area contributed by atoms with Crippen LogP contribution in [0.3, 0.4) is 0 Å². The number of allylic oxidation sites excluding steroid dienone is 1. The second kappa shape index (κ2) is 12.5. The van der Waals surface area contributed by atoms with Crippen LogP contribution in [0, 0.1) is 6.92 Å². The van der Waals surface area contributed by atoms with E-state index in [1.165, 1.54) is 0 Å². The molecule has 0 aliphatic carbocycles. The number of aliphatic hydroxyl groups is 1. The molecule has 0 fully saturated rings. The Balaban J connectivity index is 2.20. The summed E-state index contributed by atoms with van der Waals surface area (Å²) in [5.74, 6) is 0. The molecular weight excluding hydrogens is 519 g/mol. The summed E-state index contributed by atoms with van der Waals surface area (Å²) in [7, 11) is -3.94. The average molecular weight is 554 g/mol. The summed E-state index contributed by atoms with van der Waals surface area (Å²) in [6.07, 6.45) is 6.97. The summed E-state index contributed by atoms with van der Waals surface area (Å²) in [5.41, 5.74) is 0.223. The minimum atomic E-state index is -3.94. The van der Waals surface area contributed by atoms with Gasteiger partial charge in [-0.25, -0.2) is 0 Å². The van der Waals surface area contributed by atoms with Crippen molar-refractivity contribution in [2.24, 2.45) is 0 Å². The zero-order valence-corrected chi connectivity index (χ0v) is 23.2. The molecule has 0 heterocycles. The van der Waals surface area contributed by atoms with Gasteiger partial charge in [-0.15, -0.1) is 0 Å². The number of hydrogen-bond acceptors (Lipinski definition) is 3. The van der Waals surface area contributed by atoms with E-state index in [1.807, 2.05) is 67.6 Å². The first-order valence-electron chi connectivity index (χ1n) is 12.0. The molecule has 184 valence electrons. The van der Waals surface area contributed by atoms with E-state index in [1.54, 1.807) is 43.3 Å². The van der Waals surface area contributed by atoms with Crippen molar-refractivity contribution in [2.45, 2.75) is 57.0 Å². The Hall–Kier alpha value is -2.43. The Kier molecular flexibility index (Phi) is 9.71. The van der Waals surface area contributed by atoms with Gasteiger partial charge >= 0.3 is 217 Å².